The van der Waals surface area contributed by atoms with Crippen molar-refractivity contribution in [2.75, 3.05) is 33.9 Å². The molecule has 0 amide bonds. The van der Waals surface area contributed by atoms with E-state index < -0.39 is 29.4 Å². The molecule has 0 radical (unpaired) electrons. The van der Waals surface area contributed by atoms with E-state index in [9.17, 15) is 14.4 Å². The molecular formula is C28H39BrN2O6. The summed E-state index contributed by atoms with van der Waals surface area (Å²) in [6, 6.07) is 7.32. The Balaban J connectivity index is 0.00000684. The number of nitrogens with zero attached hydrogens (tertiary/aromatic N) is 1. The maximum atomic E-state index is 13.3. The summed E-state index contributed by atoms with van der Waals surface area (Å²) >= 11 is 0. The van der Waals surface area contributed by atoms with Crippen molar-refractivity contribution in [3.63, 3.8) is 0 Å². The van der Waals surface area contributed by atoms with Gasteiger partial charge >= 0.3 is 17.9 Å². The second-order valence-corrected chi connectivity index (χ2v) is 9.66. The number of esters is 3. The molecule has 0 saturated heterocycles. The first-order chi connectivity index (χ1) is 16.9. The van der Waals surface area contributed by atoms with Gasteiger partial charge < -0.3 is 24.4 Å². The molecule has 0 fully saturated rings. The first-order valence-electron chi connectivity index (χ1n) is 12.1. The Labute approximate surface area is 230 Å². The molecule has 0 aliphatic carbocycles. The number of benzene rings is 1. The molecule has 0 spiro atoms. The Morgan fingerprint density at radius 1 is 1.00 bits per heavy atom. The minimum absolute atomic E-state index is 0. The molecule has 1 heterocycles. The van der Waals surface area contributed by atoms with Crippen LogP contribution in [0.3, 0.4) is 0 Å². The van der Waals surface area contributed by atoms with Gasteiger partial charge in [-0.05, 0) is 72.8 Å². The van der Waals surface area contributed by atoms with Crippen LogP contribution in [0.1, 0.15) is 58.6 Å². The lowest BCUT2D eigenvalue weighted by atomic mass is 9.78. The molecule has 1 atom stereocenters. The van der Waals surface area contributed by atoms with Crippen LogP contribution in [-0.2, 0) is 28.6 Å². The van der Waals surface area contributed by atoms with E-state index >= 15 is 0 Å². The smallest absolute Gasteiger partial charge is 0.336 e. The van der Waals surface area contributed by atoms with Gasteiger partial charge in [0, 0.05) is 24.0 Å². The number of carbonyl (C=O) groups is 3. The fraction of sp³-hybridized carbons (Fsp3) is 0.464. The van der Waals surface area contributed by atoms with Crippen LogP contribution in [0.5, 0.6) is 0 Å². The third kappa shape index (κ3) is 8.86. The lowest BCUT2D eigenvalue weighted by Gasteiger charge is -2.33. The number of dihydropyridines is 1. The summed E-state index contributed by atoms with van der Waals surface area (Å²) in [6.45, 7) is 11.4. The summed E-state index contributed by atoms with van der Waals surface area (Å²) in [4.78, 5) is 40.8. The lowest BCUT2D eigenvalue weighted by Crippen LogP contribution is -2.37. The Morgan fingerprint density at radius 3 is 2.11 bits per heavy atom. The van der Waals surface area contributed by atoms with Gasteiger partial charge in [0.25, 0.3) is 0 Å². The second-order valence-electron chi connectivity index (χ2n) is 9.66. The van der Waals surface area contributed by atoms with Gasteiger partial charge in [-0.25, -0.2) is 14.4 Å². The van der Waals surface area contributed by atoms with Crippen molar-refractivity contribution in [2.24, 2.45) is 0 Å². The van der Waals surface area contributed by atoms with Crippen LogP contribution in [0, 0.1) is 0 Å². The molecule has 1 aromatic carbocycles. The number of hydrogen-bond donors (Lipinski definition) is 1. The molecule has 0 aromatic heterocycles. The summed E-state index contributed by atoms with van der Waals surface area (Å²) in [5, 5.41) is 3.25. The molecule has 1 unspecified atom stereocenters. The number of halogens is 1. The standard InChI is InChI=1S/C28H38N2O6.BrH/c1-9-34-26(32)23-18(3)29-21(17-30(7)8)25(27(33)35-10-2)24(23)20-14-12-11-13-19(20)15-16-22(31)36-28(4,5)6;/h11-16,24,29H,9-10,17H2,1-8H3;1H/b16-15+;. The number of hydrogen-bond acceptors (Lipinski definition) is 8. The highest BCUT2D eigenvalue weighted by Crippen LogP contribution is 2.41. The molecule has 2 rings (SSSR count). The van der Waals surface area contributed by atoms with Crippen molar-refractivity contribution < 1.29 is 28.6 Å². The molecule has 37 heavy (non-hydrogen) atoms. The Hall–Kier alpha value is -2.91. The summed E-state index contributed by atoms with van der Waals surface area (Å²) < 4.78 is 16.2. The first-order valence-corrected chi connectivity index (χ1v) is 12.1. The van der Waals surface area contributed by atoms with Gasteiger partial charge in [-0.15, -0.1) is 17.0 Å². The minimum atomic E-state index is -0.765. The quantitative estimate of drug-likeness (QED) is 0.259. The van der Waals surface area contributed by atoms with Crippen LogP contribution in [0.4, 0.5) is 0 Å². The molecular weight excluding hydrogens is 540 g/mol. The summed E-state index contributed by atoms with van der Waals surface area (Å²) in [5.41, 5.74) is 2.58. The van der Waals surface area contributed by atoms with E-state index in [1.807, 2.05) is 43.3 Å². The molecule has 8 nitrogen and oxygen atoms in total. The van der Waals surface area contributed by atoms with Crippen molar-refractivity contribution >= 4 is 41.0 Å². The molecule has 204 valence electrons. The third-order valence-corrected chi connectivity index (χ3v) is 5.22. The van der Waals surface area contributed by atoms with E-state index in [2.05, 4.69) is 5.32 Å². The normalized spacial score (nSPS) is 15.9. The van der Waals surface area contributed by atoms with Crippen LogP contribution in [-0.4, -0.2) is 62.3 Å². The second kappa shape index (κ2) is 14.1. The minimum Gasteiger partial charge on any atom is -0.463 e. The van der Waals surface area contributed by atoms with Crippen molar-refractivity contribution in [2.45, 2.75) is 53.1 Å². The summed E-state index contributed by atoms with van der Waals surface area (Å²) in [7, 11) is 3.79. The molecule has 0 saturated carbocycles. The average Bonchev–Trinajstić information content (AvgIpc) is 2.76. The number of carbonyl (C=O) groups excluding carboxylic acids is 3. The maximum Gasteiger partial charge on any atom is 0.336 e. The number of ether oxygens (including phenoxy) is 3. The first kappa shape index (κ1) is 32.1. The van der Waals surface area contributed by atoms with Gasteiger partial charge in [0.1, 0.15) is 5.60 Å². The van der Waals surface area contributed by atoms with Gasteiger partial charge in [0.05, 0.1) is 30.3 Å². The van der Waals surface area contributed by atoms with Crippen molar-refractivity contribution in [1.29, 1.82) is 0 Å². The predicted molar refractivity (Wildman–Crippen MR) is 149 cm³/mol. The van der Waals surface area contributed by atoms with E-state index in [0.29, 0.717) is 40.2 Å². The fourth-order valence-corrected chi connectivity index (χ4v) is 4.00. The summed E-state index contributed by atoms with van der Waals surface area (Å²) in [5.74, 6) is -2.30. The average molecular weight is 580 g/mol. The van der Waals surface area contributed by atoms with Gasteiger partial charge in [0.15, 0.2) is 0 Å². The summed E-state index contributed by atoms with van der Waals surface area (Å²) in [6.07, 6.45) is 2.98. The SMILES string of the molecule is Br.CCOC(=O)C1=C(C)NC(CN(C)C)=C(C(=O)OCC)C1c1ccccc1/C=C/C(=O)OC(C)(C)C. The molecule has 1 aliphatic heterocycles. The zero-order valence-electron chi connectivity index (χ0n) is 23.0. The van der Waals surface area contributed by atoms with Crippen LogP contribution >= 0.6 is 17.0 Å². The Morgan fingerprint density at radius 2 is 1.57 bits per heavy atom. The van der Waals surface area contributed by atoms with E-state index in [-0.39, 0.29) is 30.2 Å². The zero-order valence-corrected chi connectivity index (χ0v) is 24.7. The molecule has 1 aromatic rings. The number of likely N-dealkylation sites (N-methyl/N-ethyl adjacent to an activating group) is 1. The highest BCUT2D eigenvalue weighted by atomic mass is 79.9. The van der Waals surface area contributed by atoms with Crippen LogP contribution in [0.25, 0.3) is 6.08 Å². The van der Waals surface area contributed by atoms with E-state index in [0.717, 1.165) is 0 Å². The van der Waals surface area contributed by atoms with Gasteiger partial charge in [-0.1, -0.05) is 24.3 Å². The van der Waals surface area contributed by atoms with Crippen molar-refractivity contribution in [1.82, 2.24) is 10.2 Å². The Kier molecular flexibility index (Phi) is 12.3. The number of nitrogens with one attached hydrogen (secondary N) is 1. The number of rotatable bonds is 9. The van der Waals surface area contributed by atoms with Gasteiger partial charge in [-0.3, -0.25) is 0 Å². The molecule has 0 bridgehead atoms. The van der Waals surface area contributed by atoms with Crippen LogP contribution < -0.4 is 5.32 Å². The van der Waals surface area contributed by atoms with Gasteiger partial charge in [0.2, 0.25) is 0 Å². The van der Waals surface area contributed by atoms with Gasteiger partial charge in [-0.2, -0.15) is 0 Å². The number of allylic oxidation sites excluding steroid dienone is 1. The van der Waals surface area contributed by atoms with E-state index in [1.165, 1.54) is 6.08 Å². The van der Waals surface area contributed by atoms with Crippen molar-refractivity contribution in [3.05, 3.63) is 64.0 Å². The zero-order chi connectivity index (χ0) is 27.0. The highest BCUT2D eigenvalue weighted by Gasteiger charge is 2.39. The molecule has 1 aliphatic rings. The van der Waals surface area contributed by atoms with Crippen molar-refractivity contribution in [3.8, 4) is 0 Å². The topological polar surface area (TPSA) is 94.2 Å². The lowest BCUT2D eigenvalue weighted by molar-refractivity contribution is -0.148. The van der Waals surface area contributed by atoms with Crippen LogP contribution in [0.2, 0.25) is 0 Å². The molecule has 1 N–H and O–H groups in total. The fourth-order valence-electron chi connectivity index (χ4n) is 4.00. The van der Waals surface area contributed by atoms with Crippen LogP contribution in [0.15, 0.2) is 52.9 Å². The monoisotopic (exact) mass is 578 g/mol. The maximum absolute atomic E-state index is 13.3. The third-order valence-electron chi connectivity index (χ3n) is 5.22. The highest BCUT2D eigenvalue weighted by molar-refractivity contribution is 8.93. The largest absolute Gasteiger partial charge is 0.463 e. The Bertz CT molecular complexity index is 1080. The predicted octanol–water partition coefficient (Wildman–Crippen LogP) is 4.52. The van der Waals surface area contributed by atoms with E-state index in [4.69, 9.17) is 14.2 Å². The van der Waals surface area contributed by atoms with E-state index in [1.54, 1.807) is 47.6 Å². The molecule has 9 heteroatoms.